The van der Waals surface area contributed by atoms with Crippen molar-refractivity contribution in [2.45, 2.75) is 42.6 Å². The number of aromatic nitrogens is 1. The van der Waals surface area contributed by atoms with E-state index < -0.39 is 0 Å². The van der Waals surface area contributed by atoms with Crippen molar-refractivity contribution >= 4 is 33.2 Å². The van der Waals surface area contributed by atoms with E-state index in [9.17, 15) is 0 Å². The Morgan fingerprint density at radius 2 is 2.00 bits per heavy atom. The Hall–Kier alpha value is -0.280. The van der Waals surface area contributed by atoms with Gasteiger partial charge in [-0.1, -0.05) is 27.5 Å². The normalized spacial score (nSPS) is 33.1. The third kappa shape index (κ3) is 1.74. The van der Waals surface area contributed by atoms with Gasteiger partial charge < -0.3 is 4.90 Å². The number of pyridine rings is 1. The summed E-state index contributed by atoms with van der Waals surface area (Å²) < 4.78 is 0. The molecule has 4 heteroatoms. The van der Waals surface area contributed by atoms with Crippen molar-refractivity contribution in [1.82, 2.24) is 4.98 Å². The van der Waals surface area contributed by atoms with E-state index in [4.69, 9.17) is 11.6 Å². The standard InChI is InChI=1S/C12H14BrClN2/c13-8-5-9-1-2-10(6-8)16(9)12-3-4-15-7-11(12)14/h3-4,7-10H,1-2,5-6H2. The Labute approximate surface area is 109 Å². The van der Waals surface area contributed by atoms with Crippen LogP contribution >= 0.6 is 27.5 Å². The van der Waals surface area contributed by atoms with Crippen LogP contribution in [-0.4, -0.2) is 21.9 Å². The third-order valence-corrected chi connectivity index (χ3v) is 4.74. The fourth-order valence-electron chi connectivity index (χ4n) is 3.08. The minimum absolute atomic E-state index is 0.656. The molecule has 2 aliphatic rings. The van der Waals surface area contributed by atoms with Crippen LogP contribution < -0.4 is 4.90 Å². The van der Waals surface area contributed by atoms with Crippen LogP contribution in [0.4, 0.5) is 5.69 Å². The monoisotopic (exact) mass is 300 g/mol. The Balaban J connectivity index is 1.94. The molecule has 1 aromatic rings. The predicted molar refractivity (Wildman–Crippen MR) is 70.5 cm³/mol. The number of hydrogen-bond donors (Lipinski definition) is 0. The quantitative estimate of drug-likeness (QED) is 0.736. The molecule has 0 radical (unpaired) electrons. The first-order valence-electron chi connectivity index (χ1n) is 5.77. The number of hydrogen-bond acceptors (Lipinski definition) is 2. The fourth-order valence-corrected chi connectivity index (χ4v) is 4.16. The van der Waals surface area contributed by atoms with Crippen LogP contribution in [0.25, 0.3) is 0 Å². The highest BCUT2D eigenvalue weighted by atomic mass is 79.9. The summed E-state index contributed by atoms with van der Waals surface area (Å²) in [6.45, 7) is 0. The first-order chi connectivity index (χ1) is 7.75. The maximum atomic E-state index is 6.24. The lowest BCUT2D eigenvalue weighted by atomic mass is 10.0. The van der Waals surface area contributed by atoms with Crippen LogP contribution in [0.3, 0.4) is 0 Å². The van der Waals surface area contributed by atoms with E-state index in [1.165, 1.54) is 31.4 Å². The summed E-state index contributed by atoms with van der Waals surface area (Å²) in [6.07, 6.45) is 8.64. The Bertz CT molecular complexity index is 384. The molecule has 0 aromatic carbocycles. The molecule has 2 bridgehead atoms. The summed E-state index contributed by atoms with van der Waals surface area (Å²) in [4.78, 5) is 7.26. The van der Waals surface area contributed by atoms with E-state index in [0.29, 0.717) is 16.9 Å². The van der Waals surface area contributed by atoms with Crippen LogP contribution in [0, 0.1) is 0 Å². The van der Waals surface area contributed by atoms with Gasteiger partial charge in [-0.25, -0.2) is 0 Å². The van der Waals surface area contributed by atoms with E-state index in [1.807, 2.05) is 12.3 Å². The maximum absolute atomic E-state index is 6.24. The van der Waals surface area contributed by atoms with Gasteiger partial charge in [0.1, 0.15) is 0 Å². The lowest BCUT2D eigenvalue weighted by Gasteiger charge is -2.39. The van der Waals surface area contributed by atoms with Gasteiger partial charge >= 0.3 is 0 Å². The SMILES string of the molecule is Clc1cnccc1N1C2CCC1CC(Br)C2. The first-order valence-corrected chi connectivity index (χ1v) is 7.07. The highest BCUT2D eigenvalue weighted by molar-refractivity contribution is 9.09. The van der Waals surface area contributed by atoms with Gasteiger partial charge in [-0.15, -0.1) is 0 Å². The van der Waals surface area contributed by atoms with E-state index >= 15 is 0 Å². The third-order valence-electron chi connectivity index (χ3n) is 3.70. The van der Waals surface area contributed by atoms with Gasteiger partial charge in [-0.2, -0.15) is 0 Å². The average molecular weight is 302 g/mol. The number of alkyl halides is 1. The molecule has 0 aliphatic carbocycles. The summed E-state index contributed by atoms with van der Waals surface area (Å²) >= 11 is 9.99. The first kappa shape index (κ1) is 10.8. The molecule has 2 nitrogen and oxygen atoms in total. The van der Waals surface area contributed by atoms with Crippen molar-refractivity contribution < 1.29 is 0 Å². The Kier molecular flexibility index (Phi) is 2.84. The topological polar surface area (TPSA) is 16.1 Å². The van der Waals surface area contributed by atoms with Gasteiger partial charge in [0.25, 0.3) is 0 Å². The molecule has 1 aromatic heterocycles. The highest BCUT2D eigenvalue weighted by Gasteiger charge is 2.40. The molecule has 2 atom stereocenters. The van der Waals surface area contributed by atoms with Crippen molar-refractivity contribution in [3.8, 4) is 0 Å². The summed E-state index contributed by atoms with van der Waals surface area (Å²) in [5, 5.41) is 0.785. The van der Waals surface area contributed by atoms with E-state index in [0.717, 1.165) is 5.02 Å². The molecule has 2 unspecified atom stereocenters. The summed E-state index contributed by atoms with van der Waals surface area (Å²) in [5.74, 6) is 0. The highest BCUT2D eigenvalue weighted by Crippen LogP contribution is 2.43. The van der Waals surface area contributed by atoms with Crippen molar-refractivity contribution in [3.63, 3.8) is 0 Å². The van der Waals surface area contributed by atoms with Crippen LogP contribution in [0.2, 0.25) is 5.02 Å². The minimum atomic E-state index is 0.656. The molecule has 0 spiro atoms. The van der Waals surface area contributed by atoms with Gasteiger partial charge in [0.2, 0.25) is 0 Å². The molecular weight excluding hydrogens is 288 g/mol. The Morgan fingerprint density at radius 1 is 1.31 bits per heavy atom. The zero-order chi connectivity index (χ0) is 11.1. The van der Waals surface area contributed by atoms with Crippen LogP contribution in [0.15, 0.2) is 18.5 Å². The van der Waals surface area contributed by atoms with E-state index in [1.54, 1.807) is 6.20 Å². The molecule has 0 amide bonds. The van der Waals surface area contributed by atoms with Gasteiger partial charge in [-0.05, 0) is 31.7 Å². The number of piperidine rings is 1. The summed E-state index contributed by atoms with van der Waals surface area (Å²) in [5.41, 5.74) is 1.17. The van der Waals surface area contributed by atoms with Crippen LogP contribution in [0.1, 0.15) is 25.7 Å². The zero-order valence-corrected chi connectivity index (χ0v) is 11.3. The molecule has 0 N–H and O–H groups in total. The van der Waals surface area contributed by atoms with E-state index in [-0.39, 0.29) is 0 Å². The predicted octanol–water partition coefficient (Wildman–Crippen LogP) is 3.63. The zero-order valence-electron chi connectivity index (χ0n) is 8.94. The second-order valence-corrected chi connectivity index (χ2v) is 6.39. The molecule has 2 saturated heterocycles. The minimum Gasteiger partial charge on any atom is -0.364 e. The molecule has 86 valence electrons. The van der Waals surface area contributed by atoms with Gasteiger partial charge in [0.05, 0.1) is 10.7 Å². The number of fused-ring (bicyclic) bond motifs is 2. The number of anilines is 1. The molecule has 0 saturated carbocycles. The number of rotatable bonds is 1. The van der Waals surface area contributed by atoms with Crippen molar-refractivity contribution in [2.24, 2.45) is 0 Å². The molecule has 2 fully saturated rings. The second-order valence-electron chi connectivity index (χ2n) is 4.69. The second kappa shape index (κ2) is 4.19. The van der Waals surface area contributed by atoms with E-state index in [2.05, 4.69) is 25.8 Å². The maximum Gasteiger partial charge on any atom is 0.0822 e. The summed E-state index contributed by atoms with van der Waals surface area (Å²) in [7, 11) is 0. The molecule has 2 aliphatic heterocycles. The number of halogens is 2. The fraction of sp³-hybridized carbons (Fsp3) is 0.583. The lowest BCUT2D eigenvalue weighted by Crippen LogP contribution is -2.43. The Morgan fingerprint density at radius 3 is 2.62 bits per heavy atom. The molecule has 3 heterocycles. The van der Waals surface area contributed by atoms with Gasteiger partial charge in [0.15, 0.2) is 0 Å². The molecule has 16 heavy (non-hydrogen) atoms. The molecular formula is C12H14BrClN2. The van der Waals surface area contributed by atoms with Crippen LogP contribution in [-0.2, 0) is 0 Å². The lowest BCUT2D eigenvalue weighted by molar-refractivity contribution is 0.483. The van der Waals surface area contributed by atoms with Crippen molar-refractivity contribution in [1.29, 1.82) is 0 Å². The summed E-state index contributed by atoms with van der Waals surface area (Å²) in [6, 6.07) is 3.36. The van der Waals surface area contributed by atoms with Crippen molar-refractivity contribution in [3.05, 3.63) is 23.5 Å². The largest absolute Gasteiger partial charge is 0.364 e. The van der Waals surface area contributed by atoms with Gasteiger partial charge in [0, 0.05) is 29.3 Å². The molecule has 3 rings (SSSR count). The average Bonchev–Trinajstić information content (AvgIpc) is 2.53. The van der Waals surface area contributed by atoms with Crippen molar-refractivity contribution in [2.75, 3.05) is 4.90 Å². The smallest absolute Gasteiger partial charge is 0.0822 e. The number of nitrogens with zero attached hydrogens (tertiary/aromatic N) is 2. The van der Waals surface area contributed by atoms with Gasteiger partial charge in [-0.3, -0.25) is 4.98 Å². The van der Waals surface area contributed by atoms with Crippen LogP contribution in [0.5, 0.6) is 0 Å².